The highest BCUT2D eigenvalue weighted by Gasteiger charge is 2.29. The zero-order valence-electron chi connectivity index (χ0n) is 10.0. The van der Waals surface area contributed by atoms with Crippen LogP contribution in [0.2, 0.25) is 5.02 Å². The third-order valence-electron chi connectivity index (χ3n) is 3.41. The first-order valence-corrected chi connectivity index (χ1v) is 6.69. The van der Waals surface area contributed by atoms with E-state index in [1.807, 2.05) is 0 Å². The van der Waals surface area contributed by atoms with Crippen LogP contribution in [-0.2, 0) is 0 Å². The summed E-state index contributed by atoms with van der Waals surface area (Å²) in [6.07, 6.45) is 2.90. The molecule has 1 unspecified atom stereocenters. The van der Waals surface area contributed by atoms with E-state index in [0.717, 1.165) is 31.4 Å². The number of halogens is 1. The first-order valence-electron chi connectivity index (χ1n) is 6.31. The van der Waals surface area contributed by atoms with E-state index >= 15 is 0 Å². The number of aromatic hydroxyl groups is 1. The minimum atomic E-state index is 0.0964. The molecule has 2 aliphatic rings. The van der Waals surface area contributed by atoms with Gasteiger partial charge in [-0.3, -0.25) is 0 Å². The van der Waals surface area contributed by atoms with E-state index in [1.54, 1.807) is 6.07 Å². The molecule has 98 valence electrons. The van der Waals surface area contributed by atoms with Crippen LogP contribution in [0.4, 0.5) is 0 Å². The molecule has 3 rings (SSSR count). The number of fused-ring (bicyclic) bond motifs is 1. The Bertz CT molecular complexity index is 458. The number of ether oxygens (including phenoxy) is 2. The summed E-state index contributed by atoms with van der Waals surface area (Å²) < 4.78 is 11.4. The SMILES string of the molecule is Oc1c(Cl)cc2c(c1C1CCCN1)OCCCO2. The first-order chi connectivity index (χ1) is 8.77. The lowest BCUT2D eigenvalue weighted by Gasteiger charge is -2.19. The number of hydrogen-bond acceptors (Lipinski definition) is 4. The molecule has 2 heterocycles. The van der Waals surface area contributed by atoms with Gasteiger partial charge in [-0.15, -0.1) is 0 Å². The standard InChI is InChI=1S/C13H16ClNO3/c14-8-7-10-13(18-6-2-5-17-10)11(12(8)16)9-3-1-4-15-9/h7,9,15-16H,1-6H2. The summed E-state index contributed by atoms with van der Waals surface area (Å²) in [5.74, 6) is 1.40. The minimum Gasteiger partial charge on any atom is -0.506 e. The van der Waals surface area contributed by atoms with Crippen LogP contribution in [0.3, 0.4) is 0 Å². The Balaban J connectivity index is 2.11. The molecule has 18 heavy (non-hydrogen) atoms. The monoisotopic (exact) mass is 269 g/mol. The van der Waals surface area contributed by atoms with Crippen LogP contribution in [-0.4, -0.2) is 24.9 Å². The summed E-state index contributed by atoms with van der Waals surface area (Å²) in [6, 6.07) is 1.73. The molecule has 1 atom stereocenters. The average Bonchev–Trinajstić information content (AvgIpc) is 2.78. The van der Waals surface area contributed by atoms with Gasteiger partial charge in [0.25, 0.3) is 0 Å². The molecule has 0 spiro atoms. The lowest BCUT2D eigenvalue weighted by molar-refractivity contribution is 0.295. The van der Waals surface area contributed by atoms with Crippen molar-refractivity contribution in [2.24, 2.45) is 0 Å². The Morgan fingerprint density at radius 1 is 1.28 bits per heavy atom. The second-order valence-corrected chi connectivity index (χ2v) is 5.05. The Labute approximate surface area is 111 Å². The number of rotatable bonds is 1. The molecular weight excluding hydrogens is 254 g/mol. The molecule has 1 aromatic carbocycles. The topological polar surface area (TPSA) is 50.7 Å². The van der Waals surface area contributed by atoms with Crippen LogP contribution >= 0.6 is 11.6 Å². The third-order valence-corrected chi connectivity index (χ3v) is 3.70. The Morgan fingerprint density at radius 2 is 2.11 bits per heavy atom. The summed E-state index contributed by atoms with van der Waals surface area (Å²) in [5.41, 5.74) is 0.747. The van der Waals surface area contributed by atoms with Crippen LogP contribution in [0.25, 0.3) is 0 Å². The van der Waals surface area contributed by atoms with Crippen LogP contribution in [0.5, 0.6) is 17.2 Å². The van der Waals surface area contributed by atoms with Crippen LogP contribution in [0.1, 0.15) is 30.9 Å². The fourth-order valence-corrected chi connectivity index (χ4v) is 2.74. The zero-order chi connectivity index (χ0) is 12.5. The van der Waals surface area contributed by atoms with Gasteiger partial charge >= 0.3 is 0 Å². The molecule has 0 amide bonds. The normalized spacial score (nSPS) is 22.8. The van der Waals surface area contributed by atoms with E-state index in [-0.39, 0.29) is 11.8 Å². The van der Waals surface area contributed by atoms with Gasteiger partial charge in [-0.05, 0) is 19.4 Å². The van der Waals surface area contributed by atoms with E-state index in [4.69, 9.17) is 21.1 Å². The van der Waals surface area contributed by atoms with Crippen molar-refractivity contribution < 1.29 is 14.6 Å². The van der Waals surface area contributed by atoms with Crippen LogP contribution in [0.15, 0.2) is 6.07 Å². The zero-order valence-corrected chi connectivity index (χ0v) is 10.8. The van der Waals surface area contributed by atoms with Gasteiger partial charge in [0.1, 0.15) is 5.75 Å². The smallest absolute Gasteiger partial charge is 0.169 e. The molecule has 2 N–H and O–H groups in total. The van der Waals surface area contributed by atoms with Gasteiger partial charge in [-0.1, -0.05) is 11.6 Å². The van der Waals surface area contributed by atoms with Gasteiger partial charge in [0.2, 0.25) is 0 Å². The lowest BCUT2D eigenvalue weighted by atomic mass is 10.0. The molecule has 1 saturated heterocycles. The molecule has 0 bridgehead atoms. The molecule has 0 saturated carbocycles. The van der Waals surface area contributed by atoms with E-state index in [0.29, 0.717) is 29.7 Å². The fourth-order valence-electron chi connectivity index (χ4n) is 2.54. The third kappa shape index (κ3) is 1.99. The van der Waals surface area contributed by atoms with Crippen LogP contribution in [0, 0.1) is 0 Å². The highest BCUT2D eigenvalue weighted by atomic mass is 35.5. The van der Waals surface area contributed by atoms with Crippen molar-refractivity contribution in [2.75, 3.05) is 19.8 Å². The molecule has 1 fully saturated rings. The maximum Gasteiger partial charge on any atom is 0.169 e. The van der Waals surface area contributed by atoms with Crippen molar-refractivity contribution >= 4 is 11.6 Å². The molecule has 5 heteroatoms. The van der Waals surface area contributed by atoms with Gasteiger partial charge in [0.15, 0.2) is 11.5 Å². The highest BCUT2D eigenvalue weighted by Crippen LogP contribution is 2.47. The van der Waals surface area contributed by atoms with Gasteiger partial charge < -0.3 is 19.9 Å². The Morgan fingerprint density at radius 3 is 2.89 bits per heavy atom. The largest absolute Gasteiger partial charge is 0.506 e. The predicted octanol–water partition coefficient (Wildman–Crippen LogP) is 2.63. The van der Waals surface area contributed by atoms with E-state index < -0.39 is 0 Å². The van der Waals surface area contributed by atoms with Gasteiger partial charge in [0, 0.05) is 18.5 Å². The summed E-state index contributed by atoms with van der Waals surface area (Å²) in [6.45, 7) is 2.17. The number of phenols is 1. The first kappa shape index (κ1) is 11.9. The average molecular weight is 270 g/mol. The number of phenolic OH excluding ortho intramolecular Hbond substituents is 1. The van der Waals surface area contributed by atoms with Crippen molar-refractivity contribution in [3.63, 3.8) is 0 Å². The summed E-state index contributed by atoms with van der Waals surface area (Å²) >= 11 is 6.07. The van der Waals surface area contributed by atoms with Gasteiger partial charge in [-0.25, -0.2) is 0 Å². The molecule has 0 aromatic heterocycles. The fraction of sp³-hybridized carbons (Fsp3) is 0.538. The van der Waals surface area contributed by atoms with Crippen molar-refractivity contribution in [3.8, 4) is 17.2 Å². The lowest BCUT2D eigenvalue weighted by Crippen LogP contribution is -2.14. The summed E-state index contributed by atoms with van der Waals surface area (Å²) in [5, 5.41) is 13.9. The van der Waals surface area contributed by atoms with Crippen molar-refractivity contribution in [1.29, 1.82) is 0 Å². The number of hydrogen-bond donors (Lipinski definition) is 2. The van der Waals surface area contributed by atoms with Crippen molar-refractivity contribution in [1.82, 2.24) is 5.32 Å². The van der Waals surface area contributed by atoms with Gasteiger partial charge in [0.05, 0.1) is 23.8 Å². The minimum absolute atomic E-state index is 0.0964. The van der Waals surface area contributed by atoms with E-state index in [1.165, 1.54) is 0 Å². The summed E-state index contributed by atoms with van der Waals surface area (Å²) in [4.78, 5) is 0. The number of benzene rings is 1. The molecule has 4 nitrogen and oxygen atoms in total. The second-order valence-electron chi connectivity index (χ2n) is 4.65. The second kappa shape index (κ2) is 4.86. The molecule has 0 radical (unpaired) electrons. The quantitative estimate of drug-likeness (QED) is 0.823. The van der Waals surface area contributed by atoms with Gasteiger partial charge in [-0.2, -0.15) is 0 Å². The maximum absolute atomic E-state index is 10.2. The van der Waals surface area contributed by atoms with E-state index in [2.05, 4.69) is 5.32 Å². The highest BCUT2D eigenvalue weighted by molar-refractivity contribution is 6.32. The van der Waals surface area contributed by atoms with Crippen molar-refractivity contribution in [2.45, 2.75) is 25.3 Å². The molecular formula is C13H16ClNO3. The number of nitrogens with one attached hydrogen (secondary N) is 1. The maximum atomic E-state index is 10.2. The molecule has 0 aliphatic carbocycles. The molecule has 2 aliphatic heterocycles. The predicted molar refractivity (Wildman–Crippen MR) is 68.7 cm³/mol. The van der Waals surface area contributed by atoms with E-state index in [9.17, 15) is 5.11 Å². The Hall–Kier alpha value is -1.13. The molecule has 1 aromatic rings. The summed E-state index contributed by atoms with van der Waals surface area (Å²) in [7, 11) is 0. The van der Waals surface area contributed by atoms with Crippen LogP contribution < -0.4 is 14.8 Å². The Kier molecular flexibility index (Phi) is 3.22. The van der Waals surface area contributed by atoms with Crippen molar-refractivity contribution in [3.05, 3.63) is 16.7 Å².